The van der Waals surface area contributed by atoms with E-state index in [1.54, 1.807) is 6.20 Å². The molecule has 2 saturated heterocycles. The Kier molecular flexibility index (Phi) is 4.56. The largest absolute Gasteiger partial charge is 0.462 e. The number of halogens is 3. The standard InChI is InChI=1S/C20H21BrClFN4O2/c1-11-6-20(4-3-5-27(20)7-11)9-28-12-8-26(2)19-13-17(24-10-25-19)15(22)14(21)16(23)18(13)29-12/h8,25H,1,3-7,9-10H2,2H3/t20-/m0/s1. The van der Waals surface area contributed by atoms with Gasteiger partial charge in [-0.25, -0.2) is 4.39 Å². The second-order valence-corrected chi connectivity index (χ2v) is 9.13. The number of nitrogens with zero attached hydrogens (tertiary/aromatic N) is 3. The van der Waals surface area contributed by atoms with Crippen LogP contribution < -0.4 is 20.6 Å². The van der Waals surface area contributed by atoms with Gasteiger partial charge in [0, 0.05) is 13.6 Å². The Bertz CT molecular complexity index is 1080. The third kappa shape index (κ3) is 2.95. The Balaban J connectivity index is 1.51. The number of fused-ring (bicyclic) bond motifs is 1. The fourth-order valence-electron chi connectivity index (χ4n) is 4.74. The van der Waals surface area contributed by atoms with Crippen LogP contribution in [0.2, 0.25) is 5.02 Å². The Morgan fingerprint density at radius 3 is 3.17 bits per heavy atom. The van der Waals surface area contributed by atoms with Crippen molar-refractivity contribution in [2.75, 3.05) is 33.4 Å². The fraction of sp³-hybridized carbons (Fsp3) is 0.450. The van der Waals surface area contributed by atoms with E-state index < -0.39 is 5.82 Å². The highest BCUT2D eigenvalue weighted by molar-refractivity contribution is 9.10. The third-order valence-corrected chi connectivity index (χ3v) is 7.39. The molecule has 4 aliphatic rings. The topological polar surface area (TPSA) is 49.3 Å². The molecule has 0 aliphatic carbocycles. The molecule has 4 aliphatic heterocycles. The molecular formula is C20H21BrClFN4O2. The van der Waals surface area contributed by atoms with Crippen molar-refractivity contribution in [2.45, 2.75) is 24.8 Å². The predicted molar refractivity (Wildman–Crippen MR) is 111 cm³/mol. The highest BCUT2D eigenvalue weighted by atomic mass is 79.9. The molecule has 1 N–H and O–H groups in total. The summed E-state index contributed by atoms with van der Waals surface area (Å²) >= 11 is 9.56. The summed E-state index contributed by atoms with van der Waals surface area (Å²) in [5, 5.41) is 4.40. The van der Waals surface area contributed by atoms with Gasteiger partial charge in [0.15, 0.2) is 11.6 Å². The van der Waals surface area contributed by atoms with Gasteiger partial charge >= 0.3 is 5.95 Å². The first-order chi connectivity index (χ1) is 13.9. The molecule has 1 aromatic carbocycles. The Morgan fingerprint density at radius 1 is 1.52 bits per heavy atom. The van der Waals surface area contributed by atoms with Crippen molar-refractivity contribution in [1.82, 2.24) is 15.1 Å². The van der Waals surface area contributed by atoms with E-state index in [1.165, 1.54) is 5.57 Å². The van der Waals surface area contributed by atoms with Gasteiger partial charge in [0.1, 0.15) is 19.1 Å². The average molecular weight is 484 g/mol. The number of nitrogens with one attached hydrogen (secondary N) is 1. The highest BCUT2D eigenvalue weighted by Crippen LogP contribution is 2.41. The summed E-state index contributed by atoms with van der Waals surface area (Å²) in [5.74, 6) is 0.386. The van der Waals surface area contributed by atoms with Crippen molar-refractivity contribution in [2.24, 2.45) is 4.99 Å². The van der Waals surface area contributed by atoms with E-state index in [0.29, 0.717) is 29.7 Å². The first kappa shape index (κ1) is 19.2. The minimum absolute atomic E-state index is 0.0483. The van der Waals surface area contributed by atoms with Crippen molar-refractivity contribution in [1.29, 1.82) is 0 Å². The van der Waals surface area contributed by atoms with Gasteiger partial charge in [-0.05, 0) is 41.7 Å². The summed E-state index contributed by atoms with van der Waals surface area (Å²) in [4.78, 5) is 8.66. The maximum Gasteiger partial charge on any atom is 0.302 e. The maximum atomic E-state index is 15.1. The summed E-state index contributed by atoms with van der Waals surface area (Å²) in [6.07, 6.45) is 4.85. The quantitative estimate of drug-likeness (QED) is 0.529. The smallest absolute Gasteiger partial charge is 0.302 e. The molecule has 29 heavy (non-hydrogen) atoms. The van der Waals surface area contributed by atoms with Gasteiger partial charge in [-0.2, -0.15) is 0 Å². The molecular weight excluding hydrogens is 463 g/mol. The lowest BCUT2D eigenvalue weighted by atomic mass is 9.94. The highest BCUT2D eigenvalue weighted by Gasteiger charge is 2.46. The van der Waals surface area contributed by atoms with Crippen LogP contribution >= 0.6 is 27.5 Å². The van der Waals surface area contributed by atoms with Crippen LogP contribution in [-0.2, 0) is 4.74 Å². The van der Waals surface area contributed by atoms with Crippen LogP contribution in [-0.4, -0.2) is 48.8 Å². The number of hydrogen-bond donors (Lipinski definition) is 1. The number of ether oxygens (including phenoxy) is 2. The normalized spacial score (nSPS) is 25.5. The number of rotatable bonds is 3. The molecule has 0 unspecified atom stereocenters. The summed E-state index contributed by atoms with van der Waals surface area (Å²) in [7, 11) is 1.85. The summed E-state index contributed by atoms with van der Waals surface area (Å²) in [6, 6.07) is 0. The van der Waals surface area contributed by atoms with Crippen LogP contribution in [0.3, 0.4) is 0 Å². The molecule has 6 nitrogen and oxygen atoms in total. The summed E-state index contributed by atoms with van der Waals surface area (Å²) < 4.78 is 27.3. The molecule has 0 spiro atoms. The number of benzene rings is 1. The molecule has 0 radical (unpaired) electrons. The lowest BCUT2D eigenvalue weighted by Crippen LogP contribution is -2.43. The van der Waals surface area contributed by atoms with Gasteiger partial charge in [0.2, 0.25) is 0 Å². The van der Waals surface area contributed by atoms with Crippen LogP contribution in [0.25, 0.3) is 5.82 Å². The second-order valence-electron chi connectivity index (χ2n) is 7.96. The first-order valence-electron chi connectivity index (χ1n) is 9.56. The zero-order valence-electron chi connectivity index (χ0n) is 16.0. The van der Waals surface area contributed by atoms with E-state index in [-0.39, 0.29) is 26.7 Å². The SMILES string of the molecule is C=C1CN2CCC[C@@]2(COC2=CN(C)C3=c4c(c(F)c(Br)c(Cl)c4=NCN3)O2)C1. The fourth-order valence-corrected chi connectivity index (χ4v) is 5.35. The molecule has 5 rings (SSSR count). The first-order valence-corrected chi connectivity index (χ1v) is 10.7. The monoisotopic (exact) mass is 482 g/mol. The molecule has 1 aromatic rings. The van der Waals surface area contributed by atoms with Crippen LogP contribution in [0.4, 0.5) is 4.39 Å². The molecule has 2 fully saturated rings. The van der Waals surface area contributed by atoms with Gasteiger partial charge < -0.3 is 19.7 Å². The molecule has 0 aromatic heterocycles. The Hall–Kier alpha value is -1.77. The lowest BCUT2D eigenvalue weighted by molar-refractivity contribution is 0.0264. The van der Waals surface area contributed by atoms with E-state index in [2.05, 4.69) is 37.7 Å². The van der Waals surface area contributed by atoms with Gasteiger partial charge in [0.05, 0.1) is 31.8 Å². The molecule has 9 heteroatoms. The molecule has 0 amide bonds. The van der Waals surface area contributed by atoms with Crippen molar-refractivity contribution < 1.29 is 13.9 Å². The van der Waals surface area contributed by atoms with Crippen LogP contribution in [0, 0.1) is 5.82 Å². The van der Waals surface area contributed by atoms with Gasteiger partial charge in [-0.15, -0.1) is 0 Å². The second kappa shape index (κ2) is 6.89. The number of hydrogen-bond acceptors (Lipinski definition) is 6. The maximum absolute atomic E-state index is 15.1. The third-order valence-electron chi connectivity index (χ3n) is 6.05. The molecule has 1 atom stereocenters. The molecule has 4 heterocycles. The van der Waals surface area contributed by atoms with Crippen molar-refractivity contribution in [3.63, 3.8) is 0 Å². The molecule has 0 bridgehead atoms. The van der Waals surface area contributed by atoms with Crippen LogP contribution in [0.1, 0.15) is 19.3 Å². The van der Waals surface area contributed by atoms with E-state index in [4.69, 9.17) is 21.1 Å². The van der Waals surface area contributed by atoms with Crippen LogP contribution in [0.15, 0.2) is 33.8 Å². The minimum Gasteiger partial charge on any atom is -0.462 e. The molecule has 0 saturated carbocycles. The lowest BCUT2D eigenvalue weighted by Gasteiger charge is -2.31. The Morgan fingerprint density at radius 2 is 2.34 bits per heavy atom. The van der Waals surface area contributed by atoms with Crippen molar-refractivity contribution in [3.8, 4) is 5.75 Å². The van der Waals surface area contributed by atoms with E-state index in [9.17, 15) is 0 Å². The van der Waals surface area contributed by atoms with Crippen molar-refractivity contribution in [3.05, 3.63) is 50.2 Å². The Labute approximate surface area is 181 Å². The van der Waals surface area contributed by atoms with E-state index in [0.717, 1.165) is 32.4 Å². The zero-order valence-corrected chi connectivity index (χ0v) is 18.4. The van der Waals surface area contributed by atoms with Gasteiger partial charge in [0.25, 0.3) is 0 Å². The van der Waals surface area contributed by atoms with Gasteiger partial charge in [-0.3, -0.25) is 9.89 Å². The minimum atomic E-state index is -0.579. The summed E-state index contributed by atoms with van der Waals surface area (Å²) in [5.41, 5.74) is 1.18. The van der Waals surface area contributed by atoms with Crippen molar-refractivity contribution >= 4 is 33.4 Å². The zero-order chi connectivity index (χ0) is 20.3. The predicted octanol–water partition coefficient (Wildman–Crippen LogP) is 2.42. The summed E-state index contributed by atoms with van der Waals surface area (Å²) in [6.45, 7) is 6.94. The average Bonchev–Trinajstić information content (AvgIpc) is 3.17. The van der Waals surface area contributed by atoms with Gasteiger partial charge in [-0.1, -0.05) is 23.8 Å². The van der Waals surface area contributed by atoms with Crippen LogP contribution in [0.5, 0.6) is 5.75 Å². The van der Waals surface area contributed by atoms with E-state index in [1.807, 2.05) is 11.9 Å². The molecule has 154 valence electrons. The van der Waals surface area contributed by atoms with E-state index >= 15 is 4.39 Å².